The van der Waals surface area contributed by atoms with Crippen LogP contribution in [-0.4, -0.2) is 36.0 Å². The van der Waals surface area contributed by atoms with Gasteiger partial charge in [-0.1, -0.05) is 43.2 Å². The Morgan fingerprint density at radius 3 is 2.56 bits per heavy atom. The molecular formula is C20H28N4O3. The summed E-state index contributed by atoms with van der Waals surface area (Å²) in [7, 11) is 0. The number of benzene rings is 1. The first-order valence-corrected chi connectivity index (χ1v) is 9.78. The molecule has 3 rings (SSSR count). The normalized spacial score (nSPS) is 21.6. The van der Waals surface area contributed by atoms with E-state index in [4.69, 9.17) is 0 Å². The first kappa shape index (κ1) is 19.2. The molecule has 1 aromatic carbocycles. The Hall–Kier alpha value is -2.57. The fraction of sp³-hybridized carbons (Fsp3) is 0.550. The van der Waals surface area contributed by atoms with Gasteiger partial charge in [0.1, 0.15) is 11.6 Å². The lowest BCUT2D eigenvalue weighted by atomic mass is 9.95. The van der Waals surface area contributed by atoms with Gasteiger partial charge < -0.3 is 21.3 Å². The highest BCUT2D eigenvalue weighted by molar-refractivity contribution is 5.95. The van der Waals surface area contributed by atoms with Gasteiger partial charge in [0.15, 0.2) is 0 Å². The smallest absolute Gasteiger partial charge is 0.315 e. The van der Waals surface area contributed by atoms with Gasteiger partial charge in [0.2, 0.25) is 11.8 Å². The molecule has 1 aliphatic carbocycles. The summed E-state index contributed by atoms with van der Waals surface area (Å²) < 4.78 is 0. The molecule has 0 radical (unpaired) electrons. The summed E-state index contributed by atoms with van der Waals surface area (Å²) >= 11 is 0. The predicted molar refractivity (Wildman–Crippen MR) is 102 cm³/mol. The largest absolute Gasteiger partial charge is 0.354 e. The van der Waals surface area contributed by atoms with Gasteiger partial charge in [-0.25, -0.2) is 4.79 Å². The molecule has 4 N–H and O–H groups in total. The zero-order valence-electron chi connectivity index (χ0n) is 15.6. The molecule has 1 saturated carbocycles. The quantitative estimate of drug-likeness (QED) is 0.631. The second kappa shape index (κ2) is 8.88. The average Bonchev–Trinajstić information content (AvgIpc) is 3.06. The first-order chi connectivity index (χ1) is 13.1. The highest BCUT2D eigenvalue weighted by Gasteiger charge is 2.43. The van der Waals surface area contributed by atoms with E-state index in [2.05, 4.69) is 21.3 Å². The number of amides is 4. The number of carbonyl (C=O) groups is 3. The lowest BCUT2D eigenvalue weighted by Gasteiger charge is -2.30. The molecule has 2 aliphatic rings. The Morgan fingerprint density at radius 2 is 1.81 bits per heavy atom. The maximum absolute atomic E-state index is 13.0. The molecule has 0 bridgehead atoms. The van der Waals surface area contributed by atoms with Crippen LogP contribution in [0.2, 0.25) is 0 Å². The highest BCUT2D eigenvalue weighted by atomic mass is 16.2. The van der Waals surface area contributed by atoms with Crippen LogP contribution in [0.1, 0.15) is 50.5 Å². The third-order valence-electron chi connectivity index (χ3n) is 5.38. The summed E-state index contributed by atoms with van der Waals surface area (Å²) in [6, 6.07) is 8.74. The predicted octanol–water partition coefficient (Wildman–Crippen LogP) is 1.58. The van der Waals surface area contributed by atoms with E-state index in [9.17, 15) is 14.4 Å². The summed E-state index contributed by atoms with van der Waals surface area (Å²) in [5, 5.41) is 11.4. The minimum Gasteiger partial charge on any atom is -0.354 e. The van der Waals surface area contributed by atoms with Gasteiger partial charge in [0.05, 0.1) is 0 Å². The maximum atomic E-state index is 13.0. The average molecular weight is 372 g/mol. The van der Waals surface area contributed by atoms with Crippen molar-refractivity contribution in [2.75, 3.05) is 6.54 Å². The third kappa shape index (κ3) is 4.99. The van der Waals surface area contributed by atoms with Crippen molar-refractivity contribution in [3.05, 3.63) is 35.9 Å². The molecule has 1 heterocycles. The fourth-order valence-electron chi connectivity index (χ4n) is 3.80. The minimum atomic E-state index is -0.937. The third-order valence-corrected chi connectivity index (χ3v) is 5.38. The van der Waals surface area contributed by atoms with Crippen LogP contribution < -0.4 is 21.3 Å². The van der Waals surface area contributed by atoms with E-state index in [1.165, 1.54) is 0 Å². The maximum Gasteiger partial charge on any atom is 0.315 e. The Labute approximate surface area is 159 Å². The van der Waals surface area contributed by atoms with E-state index < -0.39 is 11.6 Å². The molecule has 1 unspecified atom stereocenters. The zero-order chi connectivity index (χ0) is 19.1. The first-order valence-electron chi connectivity index (χ1n) is 9.78. The standard InChI is InChI=1S/C20H28N4O3/c25-17-16(10-4-7-13-21-17)23-18(26)20(11-5-6-12-20)24-19(27)22-14-15-8-2-1-3-9-15/h1-3,8-9,16H,4-7,10-14H2,(H,21,25)(H,23,26)(H2,22,24,27). The zero-order valence-corrected chi connectivity index (χ0v) is 15.6. The van der Waals surface area contributed by atoms with Crippen molar-refractivity contribution in [2.45, 2.75) is 63.1 Å². The van der Waals surface area contributed by atoms with Crippen LogP contribution in [0.15, 0.2) is 30.3 Å². The van der Waals surface area contributed by atoms with Crippen molar-refractivity contribution in [2.24, 2.45) is 0 Å². The molecular weight excluding hydrogens is 344 g/mol. The van der Waals surface area contributed by atoms with Gasteiger partial charge in [0.25, 0.3) is 0 Å². The molecule has 0 aromatic heterocycles. The molecule has 1 aliphatic heterocycles. The number of carbonyl (C=O) groups excluding carboxylic acids is 3. The summed E-state index contributed by atoms with van der Waals surface area (Å²) in [4.78, 5) is 37.5. The number of rotatable bonds is 5. The second-order valence-corrected chi connectivity index (χ2v) is 7.40. The number of urea groups is 1. The van der Waals surface area contributed by atoms with Crippen molar-refractivity contribution in [1.82, 2.24) is 21.3 Å². The Kier molecular flexibility index (Phi) is 6.32. The highest BCUT2D eigenvalue weighted by Crippen LogP contribution is 2.30. The number of hydrogen-bond acceptors (Lipinski definition) is 3. The summed E-state index contributed by atoms with van der Waals surface area (Å²) in [6.45, 7) is 1.05. The van der Waals surface area contributed by atoms with Gasteiger partial charge >= 0.3 is 6.03 Å². The van der Waals surface area contributed by atoms with Crippen LogP contribution in [0.5, 0.6) is 0 Å². The molecule has 27 heavy (non-hydrogen) atoms. The molecule has 4 amide bonds. The Morgan fingerprint density at radius 1 is 1.07 bits per heavy atom. The van der Waals surface area contributed by atoms with E-state index in [1.54, 1.807) is 0 Å². The molecule has 7 nitrogen and oxygen atoms in total. The van der Waals surface area contributed by atoms with Crippen molar-refractivity contribution in [3.8, 4) is 0 Å². The summed E-state index contributed by atoms with van der Waals surface area (Å²) in [6.07, 6.45) is 5.38. The molecule has 1 aromatic rings. The van der Waals surface area contributed by atoms with Crippen molar-refractivity contribution >= 4 is 17.8 Å². The van der Waals surface area contributed by atoms with Crippen LogP contribution in [-0.2, 0) is 16.1 Å². The van der Waals surface area contributed by atoms with Crippen LogP contribution >= 0.6 is 0 Å². The lowest BCUT2D eigenvalue weighted by Crippen LogP contribution is -2.61. The molecule has 1 saturated heterocycles. The monoisotopic (exact) mass is 372 g/mol. The number of hydrogen-bond donors (Lipinski definition) is 4. The van der Waals surface area contributed by atoms with Crippen molar-refractivity contribution in [3.63, 3.8) is 0 Å². The van der Waals surface area contributed by atoms with E-state index >= 15 is 0 Å². The minimum absolute atomic E-state index is 0.137. The van der Waals surface area contributed by atoms with Gasteiger partial charge in [-0.3, -0.25) is 9.59 Å². The Balaban J connectivity index is 1.59. The van der Waals surface area contributed by atoms with Crippen molar-refractivity contribution < 1.29 is 14.4 Å². The van der Waals surface area contributed by atoms with E-state index in [-0.39, 0.29) is 17.8 Å². The second-order valence-electron chi connectivity index (χ2n) is 7.40. The molecule has 1 atom stereocenters. The fourth-order valence-corrected chi connectivity index (χ4v) is 3.80. The van der Waals surface area contributed by atoms with Crippen LogP contribution in [0.25, 0.3) is 0 Å². The van der Waals surface area contributed by atoms with Gasteiger partial charge in [-0.05, 0) is 37.7 Å². The van der Waals surface area contributed by atoms with Crippen molar-refractivity contribution in [1.29, 1.82) is 0 Å². The molecule has 2 fully saturated rings. The lowest BCUT2D eigenvalue weighted by molar-refractivity contribution is -0.132. The van der Waals surface area contributed by atoms with Crippen LogP contribution in [0.3, 0.4) is 0 Å². The van der Waals surface area contributed by atoms with Gasteiger partial charge in [0, 0.05) is 13.1 Å². The van der Waals surface area contributed by atoms with Crippen LogP contribution in [0.4, 0.5) is 4.79 Å². The van der Waals surface area contributed by atoms with Gasteiger partial charge in [-0.15, -0.1) is 0 Å². The van der Waals surface area contributed by atoms with E-state index in [1.807, 2.05) is 30.3 Å². The van der Waals surface area contributed by atoms with E-state index in [0.717, 1.165) is 31.2 Å². The Bertz CT molecular complexity index is 671. The molecule has 7 heteroatoms. The summed E-state index contributed by atoms with van der Waals surface area (Å²) in [5.74, 6) is -0.389. The van der Waals surface area contributed by atoms with E-state index in [0.29, 0.717) is 32.4 Å². The SMILES string of the molecule is O=C(NCc1ccccc1)NC1(C(=O)NC2CCCCNC2=O)CCCC1. The molecule has 0 spiro atoms. The van der Waals surface area contributed by atoms with Gasteiger partial charge in [-0.2, -0.15) is 0 Å². The number of nitrogens with one attached hydrogen (secondary N) is 4. The molecule has 146 valence electrons. The topological polar surface area (TPSA) is 99.3 Å². The summed E-state index contributed by atoms with van der Waals surface area (Å²) in [5.41, 5.74) is 0.0561. The van der Waals surface area contributed by atoms with Crippen LogP contribution in [0, 0.1) is 0 Å².